The second kappa shape index (κ2) is 5.09. The molecule has 2 aromatic rings. The third-order valence-electron chi connectivity index (χ3n) is 3.23. The molecule has 2 aromatic heterocycles. The Morgan fingerprint density at radius 3 is 3.11 bits per heavy atom. The third-order valence-corrected chi connectivity index (χ3v) is 5.27. The summed E-state index contributed by atoms with van der Waals surface area (Å²) in [5.74, 6) is 0. The molecule has 0 radical (unpaired) electrons. The molecule has 0 aromatic carbocycles. The number of nitrogens with zero attached hydrogens (tertiary/aromatic N) is 2. The van der Waals surface area contributed by atoms with Gasteiger partial charge in [-0.15, -0.1) is 22.7 Å². The minimum absolute atomic E-state index is 0.248. The quantitative estimate of drug-likeness (QED) is 0.938. The summed E-state index contributed by atoms with van der Waals surface area (Å²) in [5, 5.41) is 12.3. The zero-order chi connectivity index (χ0) is 12.5. The predicted molar refractivity (Wildman–Crippen MR) is 76.2 cm³/mol. The molecule has 0 fully saturated rings. The summed E-state index contributed by atoms with van der Waals surface area (Å²) in [6.07, 6.45) is 1.10. The van der Waals surface area contributed by atoms with E-state index < -0.39 is 0 Å². The molecule has 3 rings (SSSR count). The molecule has 3 nitrogen and oxygen atoms in total. The van der Waals surface area contributed by atoms with Crippen molar-refractivity contribution in [3.8, 4) is 10.6 Å². The van der Waals surface area contributed by atoms with Crippen molar-refractivity contribution in [1.29, 1.82) is 0 Å². The number of aryl methyl sites for hydroxylation is 1. The van der Waals surface area contributed by atoms with Crippen LogP contribution in [0.2, 0.25) is 0 Å². The van der Waals surface area contributed by atoms with Gasteiger partial charge in [-0.2, -0.15) is 0 Å². The van der Waals surface area contributed by atoms with Crippen LogP contribution < -0.4 is 0 Å². The fourth-order valence-electron chi connectivity index (χ4n) is 2.33. The van der Waals surface area contributed by atoms with Crippen LogP contribution >= 0.6 is 22.7 Å². The summed E-state index contributed by atoms with van der Waals surface area (Å²) in [6, 6.07) is 2.28. The van der Waals surface area contributed by atoms with Gasteiger partial charge in [-0.1, -0.05) is 0 Å². The lowest BCUT2D eigenvalue weighted by Gasteiger charge is -2.25. The lowest BCUT2D eigenvalue weighted by atomic mass is 10.1. The summed E-state index contributed by atoms with van der Waals surface area (Å²) < 4.78 is 0. The molecule has 0 saturated heterocycles. The van der Waals surface area contributed by atoms with Crippen molar-refractivity contribution in [3.05, 3.63) is 26.9 Å². The molecule has 1 aliphatic heterocycles. The number of thiophene rings is 1. The topological polar surface area (TPSA) is 36.4 Å². The van der Waals surface area contributed by atoms with Crippen LogP contribution in [0, 0.1) is 6.92 Å². The van der Waals surface area contributed by atoms with E-state index in [1.54, 1.807) is 11.3 Å². The lowest BCUT2D eigenvalue weighted by molar-refractivity contribution is 0.185. The van der Waals surface area contributed by atoms with Crippen LogP contribution in [-0.2, 0) is 13.0 Å². The highest BCUT2D eigenvalue weighted by Gasteiger charge is 2.19. The van der Waals surface area contributed by atoms with Crippen molar-refractivity contribution in [2.45, 2.75) is 19.9 Å². The Hall–Kier alpha value is -0.750. The molecule has 1 N–H and O–H groups in total. The summed E-state index contributed by atoms with van der Waals surface area (Å²) in [7, 11) is 0. The monoisotopic (exact) mass is 280 g/mol. The van der Waals surface area contributed by atoms with Crippen molar-refractivity contribution in [2.24, 2.45) is 0 Å². The number of hydrogen-bond donors (Lipinski definition) is 1. The molecule has 18 heavy (non-hydrogen) atoms. The molecule has 0 bridgehead atoms. The van der Waals surface area contributed by atoms with Crippen LogP contribution in [0.4, 0.5) is 0 Å². The van der Waals surface area contributed by atoms with Crippen LogP contribution in [0.25, 0.3) is 10.6 Å². The molecular formula is C13H16N2OS2. The highest BCUT2D eigenvalue weighted by Crippen LogP contribution is 2.34. The molecule has 0 saturated carbocycles. The average molecular weight is 280 g/mol. The highest BCUT2D eigenvalue weighted by atomic mass is 32.1. The smallest absolute Gasteiger partial charge is 0.0914 e. The van der Waals surface area contributed by atoms with E-state index in [2.05, 4.69) is 21.3 Å². The minimum Gasteiger partial charge on any atom is -0.395 e. The van der Waals surface area contributed by atoms with Crippen LogP contribution in [0.3, 0.4) is 0 Å². The van der Waals surface area contributed by atoms with E-state index in [9.17, 15) is 0 Å². The van der Waals surface area contributed by atoms with Crippen molar-refractivity contribution < 1.29 is 5.11 Å². The maximum Gasteiger partial charge on any atom is 0.0914 e. The van der Waals surface area contributed by atoms with Crippen molar-refractivity contribution in [3.63, 3.8) is 0 Å². The molecule has 0 spiro atoms. The van der Waals surface area contributed by atoms with Crippen LogP contribution in [0.15, 0.2) is 11.4 Å². The van der Waals surface area contributed by atoms with Crippen LogP contribution in [0.1, 0.15) is 15.4 Å². The number of β-amino-alcohol motifs (C(OH)–C–C–N with tert-alkyl or cyclic N) is 1. The number of aromatic nitrogens is 1. The van der Waals surface area contributed by atoms with E-state index in [0.717, 1.165) is 36.8 Å². The normalized spacial score (nSPS) is 15.9. The van der Waals surface area contributed by atoms with E-state index in [1.807, 2.05) is 18.3 Å². The summed E-state index contributed by atoms with van der Waals surface area (Å²) >= 11 is 3.58. The number of rotatable bonds is 3. The Morgan fingerprint density at radius 2 is 2.39 bits per heavy atom. The first-order valence-corrected chi connectivity index (χ1v) is 7.83. The number of aliphatic hydroxyl groups is 1. The number of aliphatic hydroxyl groups excluding tert-OH is 1. The predicted octanol–water partition coefficient (Wildman–Crippen LogP) is 2.53. The summed E-state index contributed by atoms with van der Waals surface area (Å²) in [4.78, 5) is 9.64. The van der Waals surface area contributed by atoms with Gasteiger partial charge in [-0.05, 0) is 25.0 Å². The molecule has 0 aliphatic carbocycles. The van der Waals surface area contributed by atoms with Gasteiger partial charge in [0.2, 0.25) is 0 Å². The number of fused-ring (bicyclic) bond motifs is 1. The Bertz CT molecular complexity index is 547. The number of hydrogen-bond acceptors (Lipinski definition) is 5. The van der Waals surface area contributed by atoms with Gasteiger partial charge < -0.3 is 5.11 Å². The first-order chi connectivity index (χ1) is 8.76. The van der Waals surface area contributed by atoms with Gasteiger partial charge in [-0.3, -0.25) is 4.90 Å². The maximum absolute atomic E-state index is 9.00. The zero-order valence-electron chi connectivity index (χ0n) is 10.3. The van der Waals surface area contributed by atoms with Crippen LogP contribution in [-0.4, -0.2) is 34.7 Å². The maximum atomic E-state index is 9.00. The Morgan fingerprint density at radius 1 is 1.50 bits per heavy atom. The lowest BCUT2D eigenvalue weighted by Crippen LogP contribution is -2.31. The SMILES string of the molecule is Cc1nc(-c2cc3c(s2)CCN(CCO)C3)cs1. The van der Waals surface area contributed by atoms with Gasteiger partial charge in [-0.25, -0.2) is 4.98 Å². The largest absolute Gasteiger partial charge is 0.395 e. The molecule has 96 valence electrons. The highest BCUT2D eigenvalue weighted by molar-refractivity contribution is 7.16. The van der Waals surface area contributed by atoms with E-state index >= 15 is 0 Å². The minimum atomic E-state index is 0.248. The van der Waals surface area contributed by atoms with E-state index in [1.165, 1.54) is 15.3 Å². The van der Waals surface area contributed by atoms with Gasteiger partial charge >= 0.3 is 0 Å². The van der Waals surface area contributed by atoms with Gasteiger partial charge in [0.25, 0.3) is 0 Å². The summed E-state index contributed by atoms with van der Waals surface area (Å²) in [6.45, 7) is 5.10. The van der Waals surface area contributed by atoms with Gasteiger partial charge in [0.15, 0.2) is 0 Å². The standard InChI is InChI=1S/C13H16N2OS2/c1-9-14-11(8-17-9)13-6-10-7-15(4-5-16)3-2-12(10)18-13/h6,8,16H,2-5,7H2,1H3. The third kappa shape index (κ3) is 2.36. The molecular weight excluding hydrogens is 264 g/mol. The average Bonchev–Trinajstić information content (AvgIpc) is 2.94. The Labute approximate surface area is 115 Å². The second-order valence-electron chi connectivity index (χ2n) is 4.56. The van der Waals surface area contributed by atoms with Gasteiger partial charge in [0, 0.05) is 29.9 Å². The number of thiazole rings is 1. The molecule has 3 heterocycles. The molecule has 1 aliphatic rings. The molecule has 0 unspecified atom stereocenters. The molecule has 5 heteroatoms. The van der Waals surface area contributed by atoms with E-state index in [0.29, 0.717) is 0 Å². The Kier molecular flexibility index (Phi) is 3.48. The van der Waals surface area contributed by atoms with Crippen LogP contribution in [0.5, 0.6) is 0 Å². The van der Waals surface area contributed by atoms with E-state index in [-0.39, 0.29) is 6.61 Å². The van der Waals surface area contributed by atoms with Crippen molar-refractivity contribution in [2.75, 3.05) is 19.7 Å². The van der Waals surface area contributed by atoms with E-state index in [4.69, 9.17) is 5.11 Å². The molecule has 0 atom stereocenters. The van der Waals surface area contributed by atoms with Gasteiger partial charge in [0.05, 0.1) is 22.2 Å². The first-order valence-electron chi connectivity index (χ1n) is 6.13. The summed E-state index contributed by atoms with van der Waals surface area (Å²) in [5.41, 5.74) is 2.53. The molecule has 0 amide bonds. The first kappa shape index (κ1) is 12.3. The van der Waals surface area contributed by atoms with Crippen molar-refractivity contribution in [1.82, 2.24) is 9.88 Å². The zero-order valence-corrected chi connectivity index (χ0v) is 12.0. The second-order valence-corrected chi connectivity index (χ2v) is 6.76. The van der Waals surface area contributed by atoms with Crippen molar-refractivity contribution >= 4 is 22.7 Å². The fraction of sp³-hybridized carbons (Fsp3) is 0.462. The Balaban J connectivity index is 1.85. The fourth-order valence-corrected chi connectivity index (χ4v) is 4.14. The van der Waals surface area contributed by atoms with Gasteiger partial charge in [0.1, 0.15) is 0 Å².